The lowest BCUT2D eigenvalue weighted by Gasteiger charge is -2.38. The summed E-state index contributed by atoms with van der Waals surface area (Å²) in [6.45, 7) is -1.90. The molecular formula is C35H32F9N5O4S. The molecule has 0 saturated carbocycles. The van der Waals surface area contributed by atoms with Gasteiger partial charge in [-0.2, -0.15) is 26.3 Å². The molecule has 0 spiro atoms. The third-order valence-electron chi connectivity index (χ3n) is 10.1. The highest BCUT2D eigenvalue weighted by atomic mass is 32.2. The maximum Gasteiger partial charge on any atom is 0.430 e. The molecule has 4 aromatic rings. The molecule has 0 aliphatic carbocycles. The van der Waals surface area contributed by atoms with Crippen LogP contribution in [-0.2, 0) is 38.6 Å². The summed E-state index contributed by atoms with van der Waals surface area (Å²) in [5.74, 6) is -2.91. The van der Waals surface area contributed by atoms with Crippen LogP contribution in [0.2, 0.25) is 0 Å². The summed E-state index contributed by atoms with van der Waals surface area (Å²) < 4.78 is 163. The second kappa shape index (κ2) is 14.2. The predicted octanol–water partition coefficient (Wildman–Crippen LogP) is 7.14. The van der Waals surface area contributed by atoms with Crippen LogP contribution < -0.4 is 0 Å². The van der Waals surface area contributed by atoms with Crippen molar-refractivity contribution >= 4 is 15.9 Å². The number of ether oxygens (including phenoxy) is 1. The Hall–Kier alpha value is -4.65. The van der Waals surface area contributed by atoms with Gasteiger partial charge in [-0.05, 0) is 61.2 Å². The number of likely N-dealkylation sites (tertiary alicyclic amines) is 2. The predicted molar refractivity (Wildman–Crippen MR) is 173 cm³/mol. The van der Waals surface area contributed by atoms with E-state index in [9.17, 15) is 52.7 Å². The van der Waals surface area contributed by atoms with Gasteiger partial charge >= 0.3 is 18.4 Å². The molecule has 1 atom stereocenters. The Morgan fingerprint density at radius 1 is 0.852 bits per heavy atom. The Morgan fingerprint density at radius 3 is 1.98 bits per heavy atom. The average Bonchev–Trinajstić information content (AvgIpc) is 3.77. The number of rotatable bonds is 8. The lowest BCUT2D eigenvalue weighted by molar-refractivity contribution is -0.392. The third-order valence-corrected chi connectivity index (χ3v) is 12.6. The number of piperidine rings is 1. The number of nitrogens with zero attached hydrogens (tertiary/aromatic N) is 5. The van der Waals surface area contributed by atoms with E-state index >= 15 is 0 Å². The summed E-state index contributed by atoms with van der Waals surface area (Å²) in [6.07, 6.45) is -10.2. The van der Waals surface area contributed by atoms with Crippen LogP contribution >= 0.6 is 0 Å². The van der Waals surface area contributed by atoms with Crippen molar-refractivity contribution in [2.24, 2.45) is 7.05 Å². The van der Waals surface area contributed by atoms with E-state index in [-0.39, 0.29) is 37.5 Å². The van der Waals surface area contributed by atoms with E-state index in [0.29, 0.717) is 37.1 Å². The largest absolute Gasteiger partial charge is 0.430 e. The molecule has 0 N–H and O–H groups in total. The van der Waals surface area contributed by atoms with Crippen molar-refractivity contribution < 1.29 is 57.5 Å². The highest BCUT2D eigenvalue weighted by molar-refractivity contribution is 7.92. The molecule has 2 aliphatic heterocycles. The SMILES string of the molecule is Cn1cnnc1C1CCN(C(=O)N2CC[C@](c3ccc(C(OCc4c(F)cccc4F)(C(F)(F)F)C(F)(F)F)cc3)(S(=O)(=O)c3ccc(F)cc3)C2)CC1. The van der Waals surface area contributed by atoms with Gasteiger partial charge in [-0.25, -0.2) is 26.4 Å². The van der Waals surface area contributed by atoms with Gasteiger partial charge in [0.05, 0.1) is 11.5 Å². The van der Waals surface area contributed by atoms with Gasteiger partial charge in [-0.1, -0.05) is 30.3 Å². The fourth-order valence-electron chi connectivity index (χ4n) is 7.18. The van der Waals surface area contributed by atoms with Gasteiger partial charge in [-0.3, -0.25) is 0 Å². The monoisotopic (exact) mass is 789 g/mol. The molecule has 3 aromatic carbocycles. The Labute approximate surface area is 303 Å². The summed E-state index contributed by atoms with van der Waals surface area (Å²) in [5, 5.41) is 8.01. The van der Waals surface area contributed by atoms with Crippen LogP contribution in [0.1, 0.15) is 47.7 Å². The zero-order valence-corrected chi connectivity index (χ0v) is 29.2. The number of sulfone groups is 1. The topological polar surface area (TPSA) is 97.6 Å². The fourth-order valence-corrected chi connectivity index (χ4v) is 9.26. The number of urea groups is 1. The lowest BCUT2D eigenvalue weighted by Crippen LogP contribution is -2.56. The van der Waals surface area contributed by atoms with Crippen molar-refractivity contribution in [2.45, 2.75) is 59.4 Å². The number of aryl methyl sites for hydroxylation is 1. The van der Waals surface area contributed by atoms with E-state index in [1.54, 1.807) is 17.9 Å². The number of benzene rings is 3. The van der Waals surface area contributed by atoms with Crippen LogP contribution in [0.3, 0.4) is 0 Å². The molecule has 0 radical (unpaired) electrons. The number of hydrogen-bond donors (Lipinski definition) is 0. The molecule has 9 nitrogen and oxygen atoms in total. The van der Waals surface area contributed by atoms with Gasteiger partial charge in [0.1, 0.15) is 34.4 Å². The van der Waals surface area contributed by atoms with Gasteiger partial charge in [0.15, 0.2) is 9.84 Å². The van der Waals surface area contributed by atoms with Crippen LogP contribution in [0.25, 0.3) is 0 Å². The quantitative estimate of drug-likeness (QED) is 0.139. The minimum Gasteiger partial charge on any atom is -0.349 e. The molecule has 2 aliphatic rings. The summed E-state index contributed by atoms with van der Waals surface area (Å²) in [6, 6.07) is 7.59. The van der Waals surface area contributed by atoms with Crippen LogP contribution in [0.15, 0.2) is 78.0 Å². The van der Waals surface area contributed by atoms with Gasteiger partial charge in [0, 0.05) is 50.3 Å². The van der Waals surface area contributed by atoms with E-state index in [0.717, 1.165) is 48.3 Å². The second-order valence-corrected chi connectivity index (χ2v) is 15.5. The Bertz CT molecular complexity index is 2070. The van der Waals surface area contributed by atoms with Crippen LogP contribution in [0, 0.1) is 17.5 Å². The number of halogens is 9. The molecule has 290 valence electrons. The van der Waals surface area contributed by atoms with E-state index in [4.69, 9.17) is 0 Å². The Balaban J connectivity index is 1.36. The first-order chi connectivity index (χ1) is 25.3. The maximum atomic E-state index is 14.6. The van der Waals surface area contributed by atoms with E-state index in [1.807, 2.05) is 0 Å². The highest BCUT2D eigenvalue weighted by Gasteiger charge is 2.73. The molecular weight excluding hydrogens is 757 g/mol. The van der Waals surface area contributed by atoms with Gasteiger partial charge in [0.2, 0.25) is 0 Å². The van der Waals surface area contributed by atoms with Gasteiger partial charge in [0.25, 0.3) is 5.60 Å². The molecule has 2 saturated heterocycles. The van der Waals surface area contributed by atoms with Crippen molar-refractivity contribution in [3.8, 4) is 0 Å². The average molecular weight is 790 g/mol. The van der Waals surface area contributed by atoms with Crippen molar-refractivity contribution in [3.05, 3.63) is 113 Å². The molecule has 3 heterocycles. The minimum absolute atomic E-state index is 0.00632. The van der Waals surface area contributed by atoms with Crippen molar-refractivity contribution in [2.75, 3.05) is 26.2 Å². The second-order valence-electron chi connectivity index (χ2n) is 13.2. The molecule has 0 unspecified atom stereocenters. The standard InChI is InChI=1S/C35H32F9N5O4S/c1-47-21-45-46-30(47)22-13-16-48(17-14-22)31(50)49-18-15-32(20-49,54(51,52)26-11-9-25(36)10-12-26)23-5-7-24(8-6-23)33(34(39,40)41,35(42,43)44)53-19-27-28(37)3-2-4-29(27)38/h2-12,21-22H,13-20H2,1H3/t32-/m0/s1. The Morgan fingerprint density at radius 2 is 1.44 bits per heavy atom. The molecule has 1 aromatic heterocycles. The summed E-state index contributed by atoms with van der Waals surface area (Å²) in [7, 11) is -2.84. The number of carbonyl (C=O) groups excluding carboxylic acids is 1. The normalized spacial score (nSPS) is 19.1. The number of aromatic nitrogens is 3. The first-order valence-electron chi connectivity index (χ1n) is 16.5. The maximum absolute atomic E-state index is 14.6. The first kappa shape index (κ1) is 39.1. The summed E-state index contributed by atoms with van der Waals surface area (Å²) >= 11 is 0. The fraction of sp³-hybridized carbons (Fsp3) is 0.400. The molecule has 19 heteroatoms. The molecule has 54 heavy (non-hydrogen) atoms. The zero-order chi connectivity index (χ0) is 39.3. The van der Waals surface area contributed by atoms with Crippen molar-refractivity contribution in [1.29, 1.82) is 0 Å². The van der Waals surface area contributed by atoms with Crippen LogP contribution in [0.4, 0.5) is 44.3 Å². The molecule has 6 rings (SSSR count). The van der Waals surface area contributed by atoms with Crippen LogP contribution in [0.5, 0.6) is 0 Å². The number of alkyl halides is 6. The van der Waals surface area contributed by atoms with E-state index in [1.165, 1.54) is 9.80 Å². The number of hydrogen-bond acceptors (Lipinski definition) is 6. The Kier molecular flexibility index (Phi) is 10.3. The number of amides is 2. The van der Waals surface area contributed by atoms with Crippen LogP contribution in [-0.4, -0.2) is 77.5 Å². The van der Waals surface area contributed by atoms with Crippen molar-refractivity contribution in [3.63, 3.8) is 0 Å². The van der Waals surface area contributed by atoms with E-state index in [2.05, 4.69) is 14.9 Å². The number of carbonyl (C=O) groups is 1. The third kappa shape index (κ3) is 6.69. The summed E-state index contributed by atoms with van der Waals surface area (Å²) in [5.41, 5.74) is -8.09. The molecule has 2 fully saturated rings. The lowest BCUT2D eigenvalue weighted by atomic mass is 9.88. The smallest absolute Gasteiger partial charge is 0.349 e. The zero-order valence-electron chi connectivity index (χ0n) is 28.3. The minimum atomic E-state index is -6.23. The van der Waals surface area contributed by atoms with Gasteiger partial charge < -0.3 is 19.1 Å². The van der Waals surface area contributed by atoms with Gasteiger partial charge in [-0.15, -0.1) is 10.2 Å². The molecule has 0 bridgehead atoms. The van der Waals surface area contributed by atoms with E-state index < -0.39 is 85.2 Å². The van der Waals surface area contributed by atoms with Crippen molar-refractivity contribution in [1.82, 2.24) is 24.6 Å². The first-order valence-corrected chi connectivity index (χ1v) is 18.0. The molecule has 2 amide bonds. The highest BCUT2D eigenvalue weighted by Crippen LogP contribution is 2.54. The summed E-state index contributed by atoms with van der Waals surface area (Å²) in [4.78, 5) is 16.2.